The summed E-state index contributed by atoms with van der Waals surface area (Å²) in [7, 11) is 1.95. The van der Waals surface area contributed by atoms with Crippen molar-refractivity contribution in [2.24, 2.45) is 7.05 Å². The lowest BCUT2D eigenvalue weighted by atomic mass is 10.1. The first kappa shape index (κ1) is 16.6. The number of anilines is 1. The molecule has 1 aliphatic heterocycles. The minimum Gasteiger partial charge on any atom is -0.353 e. The van der Waals surface area contributed by atoms with Gasteiger partial charge in [0.25, 0.3) is 5.91 Å². The van der Waals surface area contributed by atoms with Gasteiger partial charge in [-0.25, -0.2) is 4.98 Å². The molecule has 1 amide bonds. The molecule has 26 heavy (non-hydrogen) atoms. The molecule has 1 atom stereocenters. The maximum atomic E-state index is 12.9. The standard InChI is InChI=1S/C20H23N5O/c1-14-5-6-15-11-18(24(2)17(15)10-14)20(26)23-16-4-3-9-25(13-16)19-12-21-7-8-22-19/h5-8,10-12,16H,3-4,9,13H2,1-2H3,(H,23,26)/t16-/m0/s1. The second-order valence-electron chi connectivity index (χ2n) is 6.97. The van der Waals surface area contributed by atoms with Crippen LogP contribution in [0.5, 0.6) is 0 Å². The smallest absolute Gasteiger partial charge is 0.268 e. The molecule has 3 heterocycles. The van der Waals surface area contributed by atoms with Crippen molar-refractivity contribution in [2.45, 2.75) is 25.8 Å². The highest BCUT2D eigenvalue weighted by atomic mass is 16.2. The molecule has 1 saturated heterocycles. The minimum absolute atomic E-state index is 0.0210. The molecule has 1 N–H and O–H groups in total. The number of carbonyl (C=O) groups excluding carboxylic acids is 1. The van der Waals surface area contributed by atoms with Gasteiger partial charge in [-0.2, -0.15) is 0 Å². The largest absolute Gasteiger partial charge is 0.353 e. The van der Waals surface area contributed by atoms with Gasteiger partial charge in [-0.3, -0.25) is 9.78 Å². The van der Waals surface area contributed by atoms with Crippen molar-refractivity contribution in [3.05, 3.63) is 54.1 Å². The van der Waals surface area contributed by atoms with Gasteiger partial charge in [-0.15, -0.1) is 0 Å². The molecule has 0 unspecified atom stereocenters. The fraction of sp³-hybridized carbons (Fsp3) is 0.350. The van der Waals surface area contributed by atoms with Gasteiger partial charge in [0.05, 0.1) is 6.20 Å². The average molecular weight is 349 g/mol. The molecule has 1 fully saturated rings. The molecular formula is C20H23N5O. The van der Waals surface area contributed by atoms with Crippen molar-refractivity contribution in [2.75, 3.05) is 18.0 Å². The van der Waals surface area contributed by atoms with E-state index < -0.39 is 0 Å². The zero-order chi connectivity index (χ0) is 18.1. The predicted octanol–water partition coefficient (Wildman–Crippen LogP) is 2.68. The Morgan fingerprint density at radius 3 is 2.96 bits per heavy atom. The molecule has 6 heteroatoms. The zero-order valence-electron chi connectivity index (χ0n) is 15.1. The summed E-state index contributed by atoms with van der Waals surface area (Å²) in [5.41, 5.74) is 2.97. The van der Waals surface area contributed by atoms with Crippen molar-refractivity contribution in [3.63, 3.8) is 0 Å². The predicted molar refractivity (Wildman–Crippen MR) is 102 cm³/mol. The molecule has 0 radical (unpaired) electrons. The third kappa shape index (κ3) is 3.14. The number of carbonyl (C=O) groups is 1. The molecule has 134 valence electrons. The van der Waals surface area contributed by atoms with E-state index in [1.54, 1.807) is 18.6 Å². The van der Waals surface area contributed by atoms with Gasteiger partial charge in [0, 0.05) is 49.5 Å². The minimum atomic E-state index is -0.0210. The molecule has 4 rings (SSSR count). The average Bonchev–Trinajstić information content (AvgIpc) is 2.99. The van der Waals surface area contributed by atoms with E-state index in [1.165, 1.54) is 5.56 Å². The van der Waals surface area contributed by atoms with E-state index >= 15 is 0 Å². The Bertz CT molecular complexity index is 934. The van der Waals surface area contributed by atoms with Crippen LogP contribution < -0.4 is 10.2 Å². The fourth-order valence-corrected chi connectivity index (χ4v) is 3.67. The topological polar surface area (TPSA) is 63.1 Å². The van der Waals surface area contributed by atoms with Crippen LogP contribution in [0.4, 0.5) is 5.82 Å². The van der Waals surface area contributed by atoms with Crippen molar-refractivity contribution in [1.29, 1.82) is 0 Å². The summed E-state index contributed by atoms with van der Waals surface area (Å²) in [6, 6.07) is 8.33. The summed E-state index contributed by atoms with van der Waals surface area (Å²) >= 11 is 0. The number of nitrogens with one attached hydrogen (secondary N) is 1. The van der Waals surface area contributed by atoms with Gasteiger partial charge >= 0.3 is 0 Å². The number of piperidine rings is 1. The Kier molecular flexibility index (Phi) is 4.32. The highest BCUT2D eigenvalue weighted by Crippen LogP contribution is 2.21. The number of hydrogen-bond acceptors (Lipinski definition) is 4. The van der Waals surface area contributed by atoms with E-state index in [0.717, 1.165) is 42.7 Å². The van der Waals surface area contributed by atoms with E-state index in [-0.39, 0.29) is 11.9 Å². The maximum Gasteiger partial charge on any atom is 0.268 e. The second kappa shape index (κ2) is 6.78. The number of rotatable bonds is 3. The number of aryl methyl sites for hydroxylation is 2. The van der Waals surface area contributed by atoms with Crippen LogP contribution >= 0.6 is 0 Å². The monoisotopic (exact) mass is 349 g/mol. The van der Waals surface area contributed by atoms with Crippen LogP contribution in [-0.2, 0) is 7.05 Å². The Labute approximate surface area is 152 Å². The van der Waals surface area contributed by atoms with E-state index in [0.29, 0.717) is 5.69 Å². The molecule has 0 bridgehead atoms. The van der Waals surface area contributed by atoms with Crippen LogP contribution in [0, 0.1) is 6.92 Å². The maximum absolute atomic E-state index is 12.9. The first-order valence-electron chi connectivity index (χ1n) is 9.00. The van der Waals surface area contributed by atoms with Crippen molar-refractivity contribution in [1.82, 2.24) is 19.9 Å². The van der Waals surface area contributed by atoms with Crippen LogP contribution in [0.3, 0.4) is 0 Å². The molecule has 3 aromatic rings. The summed E-state index contributed by atoms with van der Waals surface area (Å²) in [5, 5.41) is 4.29. The third-order valence-corrected chi connectivity index (χ3v) is 5.06. The number of nitrogens with zero attached hydrogens (tertiary/aromatic N) is 4. The van der Waals surface area contributed by atoms with E-state index in [2.05, 4.69) is 45.3 Å². The summed E-state index contributed by atoms with van der Waals surface area (Å²) in [4.78, 5) is 23.6. The molecule has 0 saturated carbocycles. The lowest BCUT2D eigenvalue weighted by molar-refractivity contribution is 0.0925. The molecule has 2 aromatic heterocycles. The molecular weight excluding hydrogens is 326 g/mol. The summed E-state index contributed by atoms with van der Waals surface area (Å²) in [6.07, 6.45) is 7.15. The number of amides is 1. The molecule has 0 aliphatic carbocycles. The Morgan fingerprint density at radius 2 is 2.15 bits per heavy atom. The van der Waals surface area contributed by atoms with Crippen molar-refractivity contribution < 1.29 is 4.79 Å². The third-order valence-electron chi connectivity index (χ3n) is 5.06. The van der Waals surface area contributed by atoms with Crippen LogP contribution in [0.15, 0.2) is 42.9 Å². The van der Waals surface area contributed by atoms with Crippen molar-refractivity contribution in [3.8, 4) is 0 Å². The Hall–Kier alpha value is -2.89. The van der Waals surface area contributed by atoms with Crippen molar-refractivity contribution >= 4 is 22.6 Å². The van der Waals surface area contributed by atoms with Gasteiger partial charge in [-0.05, 0) is 37.5 Å². The van der Waals surface area contributed by atoms with Gasteiger partial charge in [0.1, 0.15) is 11.5 Å². The van der Waals surface area contributed by atoms with Crippen LogP contribution in [0.1, 0.15) is 28.9 Å². The molecule has 0 spiro atoms. The fourth-order valence-electron chi connectivity index (χ4n) is 3.67. The number of fused-ring (bicyclic) bond motifs is 1. The van der Waals surface area contributed by atoms with Gasteiger partial charge in [0.2, 0.25) is 0 Å². The normalized spacial score (nSPS) is 17.5. The van der Waals surface area contributed by atoms with Crippen LogP contribution in [0.25, 0.3) is 10.9 Å². The quantitative estimate of drug-likeness (QED) is 0.790. The van der Waals surface area contributed by atoms with Crippen LogP contribution in [0.2, 0.25) is 0 Å². The first-order valence-corrected chi connectivity index (χ1v) is 9.00. The molecule has 1 aliphatic rings. The molecule has 6 nitrogen and oxygen atoms in total. The van der Waals surface area contributed by atoms with E-state index in [1.807, 2.05) is 17.7 Å². The highest BCUT2D eigenvalue weighted by molar-refractivity contribution is 5.99. The zero-order valence-corrected chi connectivity index (χ0v) is 15.1. The second-order valence-corrected chi connectivity index (χ2v) is 6.97. The number of benzene rings is 1. The van der Waals surface area contributed by atoms with E-state index in [9.17, 15) is 4.79 Å². The van der Waals surface area contributed by atoms with Gasteiger partial charge in [0.15, 0.2) is 0 Å². The first-order chi connectivity index (χ1) is 12.6. The lowest BCUT2D eigenvalue weighted by Gasteiger charge is -2.33. The van der Waals surface area contributed by atoms with Crippen LogP contribution in [-0.4, -0.2) is 39.6 Å². The number of aromatic nitrogens is 3. The summed E-state index contributed by atoms with van der Waals surface area (Å²) in [6.45, 7) is 3.77. The van der Waals surface area contributed by atoms with Gasteiger partial charge in [-0.1, -0.05) is 12.1 Å². The van der Waals surface area contributed by atoms with Gasteiger partial charge < -0.3 is 14.8 Å². The summed E-state index contributed by atoms with van der Waals surface area (Å²) in [5.74, 6) is 0.846. The number of hydrogen-bond donors (Lipinski definition) is 1. The van der Waals surface area contributed by atoms with E-state index in [4.69, 9.17) is 0 Å². The lowest BCUT2D eigenvalue weighted by Crippen LogP contribution is -2.48. The molecule has 1 aromatic carbocycles. The summed E-state index contributed by atoms with van der Waals surface area (Å²) < 4.78 is 1.97. The SMILES string of the molecule is Cc1ccc2cc(C(=O)N[C@H]3CCCN(c4cnccn4)C3)n(C)c2c1. The Balaban J connectivity index is 1.50. The Morgan fingerprint density at radius 1 is 1.27 bits per heavy atom. The highest BCUT2D eigenvalue weighted by Gasteiger charge is 2.24.